The van der Waals surface area contributed by atoms with Crippen molar-refractivity contribution >= 4 is 5.97 Å². The molecule has 0 radical (unpaired) electrons. The quantitative estimate of drug-likeness (QED) is 0.639. The number of aliphatic carboxylic acids is 1. The van der Waals surface area contributed by atoms with Crippen molar-refractivity contribution in [2.45, 2.75) is 12.4 Å². The second-order valence-corrected chi connectivity index (χ2v) is 2.18. The number of nitrogens with two attached hydrogens (primary N) is 1. The first kappa shape index (κ1) is 4.04. The summed E-state index contributed by atoms with van der Waals surface area (Å²) in [5.41, 5.74) is 5.03. The average molecular weight is 174 g/mol. The van der Waals surface area contributed by atoms with Gasteiger partial charge in [0.1, 0.15) is 6.02 Å². The zero-order chi connectivity index (χ0) is 13.4. The fourth-order valence-electron chi connectivity index (χ4n) is 0.665. The van der Waals surface area contributed by atoms with Crippen molar-refractivity contribution in [3.05, 3.63) is 18.2 Å². The topological polar surface area (TPSA) is 81.1 Å². The molecule has 0 aliphatic carbocycles. The van der Waals surface area contributed by atoms with Crippen molar-refractivity contribution in [2.24, 2.45) is 12.7 Å². The number of aryl methyl sites for hydroxylation is 1. The number of nitrogens with zero attached hydrogens (tertiary/aromatic N) is 2. The van der Waals surface area contributed by atoms with Crippen LogP contribution in [0.5, 0.6) is 0 Å². The van der Waals surface area contributed by atoms with Gasteiger partial charge in [-0.2, -0.15) is 0 Å². The van der Waals surface area contributed by atoms with E-state index in [-0.39, 0.29) is 5.69 Å². The van der Waals surface area contributed by atoms with Gasteiger partial charge in [-0.05, 0) is 0 Å². The van der Waals surface area contributed by atoms with Gasteiger partial charge in [0.25, 0.3) is 0 Å². The highest BCUT2D eigenvalue weighted by atomic mass is 16.4. The lowest BCUT2D eigenvalue weighted by Crippen LogP contribution is -2.32. The Morgan fingerprint density at radius 2 is 3.00 bits per heavy atom. The van der Waals surface area contributed by atoms with Gasteiger partial charge < -0.3 is 15.4 Å². The lowest BCUT2D eigenvalue weighted by molar-refractivity contribution is -0.138. The second-order valence-electron chi connectivity index (χ2n) is 2.18. The van der Waals surface area contributed by atoms with Crippen LogP contribution in [0.1, 0.15) is 12.5 Å². The zero-order valence-corrected chi connectivity index (χ0v) is 6.11. The van der Waals surface area contributed by atoms with E-state index in [0.29, 0.717) is 4.57 Å². The Balaban J connectivity index is 3.04. The molecule has 66 valence electrons. The molecule has 0 amide bonds. The summed E-state index contributed by atoms with van der Waals surface area (Å²) in [6, 6.07) is -2.33. The van der Waals surface area contributed by atoms with Crippen LogP contribution in [0, 0.1) is 0 Å². The highest BCUT2D eigenvalue weighted by Gasteiger charge is 2.12. The van der Waals surface area contributed by atoms with Crippen molar-refractivity contribution in [1.29, 1.82) is 0 Å². The largest absolute Gasteiger partial charge is 0.480 e. The van der Waals surface area contributed by atoms with Crippen LogP contribution >= 0.6 is 0 Å². The molecule has 0 saturated heterocycles. The first-order valence-corrected chi connectivity index (χ1v) is 3.11. The Labute approximate surface area is 76.9 Å². The molecular formula is C7H11N3O2. The predicted molar refractivity (Wildman–Crippen MR) is 42.5 cm³/mol. The Morgan fingerprint density at radius 3 is 3.50 bits per heavy atom. The van der Waals surface area contributed by atoms with Gasteiger partial charge in [0.2, 0.25) is 0 Å². The van der Waals surface area contributed by atoms with Gasteiger partial charge in [0, 0.05) is 23.7 Å². The van der Waals surface area contributed by atoms with E-state index >= 15 is 0 Å². The summed E-state index contributed by atoms with van der Waals surface area (Å²) >= 11 is 0. The third-order valence-corrected chi connectivity index (χ3v) is 1.21. The molecule has 12 heavy (non-hydrogen) atoms. The molecule has 5 heteroatoms. The van der Waals surface area contributed by atoms with E-state index in [9.17, 15) is 4.79 Å². The monoisotopic (exact) mass is 174 g/mol. The van der Waals surface area contributed by atoms with E-state index < -0.39 is 31.6 Å². The molecule has 0 spiro atoms. The fourth-order valence-corrected chi connectivity index (χ4v) is 0.665. The first-order chi connectivity index (χ1) is 7.55. The van der Waals surface area contributed by atoms with Crippen LogP contribution in [-0.2, 0) is 18.2 Å². The summed E-state index contributed by atoms with van der Waals surface area (Å²) in [6.07, 6.45) is -0.0966. The van der Waals surface area contributed by atoms with Gasteiger partial charge in [-0.15, -0.1) is 0 Å². The molecule has 3 N–H and O–H groups in total. The number of carboxylic acid groups (broad SMARTS) is 1. The van der Waals surface area contributed by atoms with Crippen LogP contribution in [0.25, 0.3) is 0 Å². The molecule has 0 unspecified atom stereocenters. The maximum atomic E-state index is 10.6. The Morgan fingerprint density at radius 1 is 2.25 bits per heavy atom. The van der Waals surface area contributed by atoms with Crippen LogP contribution in [-0.4, -0.2) is 26.6 Å². The van der Waals surface area contributed by atoms with E-state index in [2.05, 4.69) is 4.98 Å². The summed E-state index contributed by atoms with van der Waals surface area (Å²) in [7, 11) is 0. The number of carboxylic acids is 1. The maximum Gasteiger partial charge on any atom is 0.320 e. The van der Waals surface area contributed by atoms with E-state index in [1.165, 1.54) is 0 Å². The highest BCUT2D eigenvalue weighted by molar-refractivity contribution is 5.73. The number of hydrogen-bond donors (Lipinski definition) is 2. The van der Waals surface area contributed by atoms with E-state index in [0.717, 1.165) is 6.33 Å². The van der Waals surface area contributed by atoms with Gasteiger partial charge >= 0.3 is 5.97 Å². The zero-order valence-electron chi connectivity index (χ0n) is 11.1. The smallest absolute Gasteiger partial charge is 0.320 e. The summed E-state index contributed by atoms with van der Waals surface area (Å²) in [5.74, 6) is -1.57. The first-order valence-electron chi connectivity index (χ1n) is 5.61. The van der Waals surface area contributed by atoms with Crippen molar-refractivity contribution < 1.29 is 16.8 Å². The van der Waals surface area contributed by atoms with Crippen molar-refractivity contribution in [1.82, 2.24) is 9.55 Å². The van der Waals surface area contributed by atoms with Crippen molar-refractivity contribution in [3.8, 4) is 0 Å². The molecule has 0 aromatic carbocycles. The second kappa shape index (κ2) is 3.36. The molecule has 1 atom stereocenters. The van der Waals surface area contributed by atoms with Gasteiger partial charge in [-0.1, -0.05) is 0 Å². The number of aromatic nitrogens is 2. The molecule has 1 heterocycles. The van der Waals surface area contributed by atoms with Crippen molar-refractivity contribution in [3.63, 3.8) is 0 Å². The SMILES string of the molecule is [2H]c1c(C[C@]([2H])(N)C(=O)O)ncn1C([2H])([2H])[2H]. The molecular weight excluding hydrogens is 158 g/mol. The number of rotatable bonds is 3. The fraction of sp³-hybridized carbons (Fsp3) is 0.429. The minimum atomic E-state index is -2.56. The van der Waals surface area contributed by atoms with Gasteiger partial charge in [0.05, 0.1) is 14.8 Å². The molecule has 5 nitrogen and oxygen atoms in total. The summed E-state index contributed by atoms with van der Waals surface area (Å²) < 4.78 is 36.7. The molecule has 0 aliphatic heterocycles. The Hall–Kier alpha value is -1.36. The minimum Gasteiger partial charge on any atom is -0.480 e. The van der Waals surface area contributed by atoms with Crippen LogP contribution in [0.2, 0.25) is 0 Å². The highest BCUT2D eigenvalue weighted by Crippen LogP contribution is 1.97. The average Bonchev–Trinajstić information content (AvgIpc) is 2.46. The number of hydrogen-bond acceptors (Lipinski definition) is 3. The van der Waals surface area contributed by atoms with E-state index in [1.54, 1.807) is 0 Å². The maximum absolute atomic E-state index is 10.6. The third kappa shape index (κ3) is 2.06. The van der Waals surface area contributed by atoms with Gasteiger partial charge in [0.15, 0.2) is 0 Å². The lowest BCUT2D eigenvalue weighted by atomic mass is 10.2. The molecule has 0 aliphatic rings. The Bertz CT molecular complexity index is 439. The third-order valence-electron chi connectivity index (χ3n) is 1.21. The normalized spacial score (nSPS) is 22.6. The van der Waals surface area contributed by atoms with Crippen LogP contribution in [0.3, 0.4) is 0 Å². The summed E-state index contributed by atoms with van der Waals surface area (Å²) in [5, 5.41) is 8.64. The predicted octanol–water partition coefficient (Wildman–Crippen LogP) is -0.626. The minimum absolute atomic E-state index is 0.138. The van der Waals surface area contributed by atoms with Crippen LogP contribution in [0.4, 0.5) is 0 Å². The number of imidazole rings is 1. The summed E-state index contributed by atoms with van der Waals surface area (Å²) in [4.78, 5) is 14.2. The standard InChI is InChI=1S/C7H11N3O2/c1-10-3-5(9-4-10)2-6(8)7(11)12/h3-4,6H,2,8H2,1H3,(H,11,12)/t6-/m0/s1/i1D3,3D,6D. The molecule has 0 fully saturated rings. The molecule has 1 rings (SSSR count). The molecule has 1 aromatic heterocycles. The number of carbonyl (C=O) groups is 1. The summed E-state index contributed by atoms with van der Waals surface area (Å²) in [6.45, 7) is -2.56. The molecule has 0 bridgehead atoms. The lowest BCUT2D eigenvalue weighted by Gasteiger charge is -2.01. The Kier molecular flexibility index (Phi) is 1.13. The molecule has 0 saturated carbocycles. The van der Waals surface area contributed by atoms with Gasteiger partial charge in [-0.25, -0.2) is 4.98 Å². The van der Waals surface area contributed by atoms with E-state index in [1.807, 2.05) is 0 Å². The van der Waals surface area contributed by atoms with Crippen molar-refractivity contribution in [2.75, 3.05) is 0 Å². The molecule has 1 aromatic rings. The van der Waals surface area contributed by atoms with Crippen LogP contribution < -0.4 is 5.73 Å². The van der Waals surface area contributed by atoms with Crippen LogP contribution in [0.15, 0.2) is 12.5 Å². The van der Waals surface area contributed by atoms with Gasteiger partial charge in [-0.3, -0.25) is 4.79 Å². The van der Waals surface area contributed by atoms with E-state index in [4.69, 9.17) is 17.7 Å².